The van der Waals surface area contributed by atoms with E-state index in [2.05, 4.69) is 19.5 Å². The average molecular weight is 441 g/mol. The molecule has 0 aromatic heterocycles. The lowest BCUT2D eigenvalue weighted by atomic mass is 9.96. The summed E-state index contributed by atoms with van der Waals surface area (Å²) in [4.78, 5) is 12.0. The SMILES string of the molecule is COC(=O)C1=C(Cl)C(=NOS(C)(=O)=O)CC(c2ccc(Cl)c(OC)c2F)N1. The van der Waals surface area contributed by atoms with E-state index in [0.717, 1.165) is 13.4 Å². The first kappa shape index (κ1) is 21.3. The Morgan fingerprint density at radius 1 is 1.33 bits per heavy atom. The molecule has 0 fully saturated rings. The molecule has 1 heterocycles. The fourth-order valence-electron chi connectivity index (χ4n) is 2.35. The van der Waals surface area contributed by atoms with E-state index in [0.29, 0.717) is 0 Å². The van der Waals surface area contributed by atoms with Gasteiger partial charge in [0.05, 0.1) is 36.6 Å². The van der Waals surface area contributed by atoms with Crippen molar-refractivity contribution >= 4 is 45.0 Å². The van der Waals surface area contributed by atoms with Gasteiger partial charge in [0.1, 0.15) is 11.4 Å². The van der Waals surface area contributed by atoms with Crippen molar-refractivity contribution in [2.75, 3.05) is 20.5 Å². The molecule has 0 amide bonds. The standard InChI is InChI=1S/C15H15Cl2FN2O6S/c1-24-14-8(16)5-4-7(12(14)18)9-6-10(20-26-27(3,22)23)11(17)13(19-9)15(21)25-2/h4-5,9,19H,6H2,1-3H3. The Morgan fingerprint density at radius 3 is 2.56 bits per heavy atom. The van der Waals surface area contributed by atoms with E-state index >= 15 is 0 Å². The van der Waals surface area contributed by atoms with Gasteiger partial charge >= 0.3 is 16.1 Å². The van der Waals surface area contributed by atoms with E-state index in [4.69, 9.17) is 27.9 Å². The molecule has 0 saturated carbocycles. The lowest BCUT2D eigenvalue weighted by Crippen LogP contribution is -2.35. The van der Waals surface area contributed by atoms with Crippen LogP contribution in [0.2, 0.25) is 5.02 Å². The molecule has 1 aliphatic heterocycles. The zero-order valence-electron chi connectivity index (χ0n) is 14.4. The third-order valence-electron chi connectivity index (χ3n) is 3.52. The molecule has 1 atom stereocenters. The Hall–Kier alpha value is -2.04. The number of ether oxygens (including phenoxy) is 2. The number of hydrogen-bond acceptors (Lipinski definition) is 8. The highest BCUT2D eigenvalue weighted by Crippen LogP contribution is 2.36. The number of nitrogens with one attached hydrogen (secondary N) is 1. The van der Waals surface area contributed by atoms with Crippen molar-refractivity contribution in [3.8, 4) is 5.75 Å². The number of oxime groups is 1. The molecule has 0 saturated heterocycles. The number of carbonyl (C=O) groups is 1. The highest BCUT2D eigenvalue weighted by Gasteiger charge is 2.33. The Morgan fingerprint density at radius 2 is 2.00 bits per heavy atom. The van der Waals surface area contributed by atoms with Gasteiger partial charge in [0, 0.05) is 12.0 Å². The van der Waals surface area contributed by atoms with Crippen molar-refractivity contribution in [1.82, 2.24) is 5.32 Å². The lowest BCUT2D eigenvalue weighted by molar-refractivity contribution is -0.136. The Balaban J connectivity index is 2.54. The summed E-state index contributed by atoms with van der Waals surface area (Å²) < 4.78 is 51.1. The normalized spacial score (nSPS) is 18.9. The summed E-state index contributed by atoms with van der Waals surface area (Å²) in [5.41, 5.74) is -0.215. The first-order chi connectivity index (χ1) is 12.6. The second kappa shape index (κ2) is 8.32. The van der Waals surface area contributed by atoms with Crippen LogP contribution < -0.4 is 10.1 Å². The second-order valence-electron chi connectivity index (χ2n) is 5.38. The molecular formula is C15H15Cl2FN2O6S. The summed E-state index contributed by atoms with van der Waals surface area (Å²) in [6.45, 7) is 0. The molecule has 8 nitrogen and oxygen atoms in total. The monoisotopic (exact) mass is 440 g/mol. The van der Waals surface area contributed by atoms with Crippen LogP contribution in [0.3, 0.4) is 0 Å². The number of carbonyl (C=O) groups excluding carboxylic acids is 1. The quantitative estimate of drug-likeness (QED) is 0.553. The summed E-state index contributed by atoms with van der Waals surface area (Å²) in [6, 6.07) is 1.96. The maximum absolute atomic E-state index is 14.7. The van der Waals surface area contributed by atoms with Crippen LogP contribution in [0.25, 0.3) is 0 Å². The van der Waals surface area contributed by atoms with E-state index in [-0.39, 0.29) is 39.2 Å². The molecule has 0 spiro atoms. The number of halogens is 3. The van der Waals surface area contributed by atoms with Gasteiger partial charge in [-0.05, 0) is 6.07 Å². The minimum atomic E-state index is -3.91. The van der Waals surface area contributed by atoms with Gasteiger partial charge in [-0.15, -0.1) is 0 Å². The van der Waals surface area contributed by atoms with Crippen LogP contribution in [0.4, 0.5) is 4.39 Å². The zero-order chi connectivity index (χ0) is 20.4. The van der Waals surface area contributed by atoms with Crippen LogP contribution in [0, 0.1) is 5.82 Å². The Kier molecular flexibility index (Phi) is 6.55. The van der Waals surface area contributed by atoms with Crippen LogP contribution in [-0.4, -0.2) is 40.6 Å². The third kappa shape index (κ3) is 4.82. The summed E-state index contributed by atoms with van der Waals surface area (Å²) >= 11 is 12.0. The van der Waals surface area contributed by atoms with Gasteiger partial charge in [0.2, 0.25) is 0 Å². The fraction of sp³-hybridized carbons (Fsp3) is 0.333. The minimum absolute atomic E-state index is 0.0608. The minimum Gasteiger partial charge on any atom is -0.492 e. The lowest BCUT2D eigenvalue weighted by Gasteiger charge is -2.27. The van der Waals surface area contributed by atoms with Crippen molar-refractivity contribution in [3.05, 3.63) is 39.3 Å². The average Bonchev–Trinajstić information content (AvgIpc) is 2.60. The molecule has 0 aliphatic carbocycles. The number of benzene rings is 1. The topological polar surface area (TPSA) is 103 Å². The Bertz CT molecular complexity index is 932. The number of rotatable bonds is 5. The highest BCUT2D eigenvalue weighted by atomic mass is 35.5. The number of hydrogen-bond donors (Lipinski definition) is 1. The number of methoxy groups -OCH3 is 2. The van der Waals surface area contributed by atoms with E-state index in [9.17, 15) is 17.6 Å². The molecule has 1 aromatic carbocycles. The van der Waals surface area contributed by atoms with Crippen molar-refractivity contribution in [2.24, 2.45) is 5.16 Å². The summed E-state index contributed by atoms with van der Waals surface area (Å²) in [7, 11) is -1.53. The molecule has 27 heavy (non-hydrogen) atoms. The maximum Gasteiger partial charge on any atom is 0.355 e. The van der Waals surface area contributed by atoms with Crippen LogP contribution in [0.5, 0.6) is 5.75 Å². The van der Waals surface area contributed by atoms with Crippen molar-refractivity contribution in [1.29, 1.82) is 0 Å². The molecule has 1 N–H and O–H groups in total. The molecular weight excluding hydrogens is 426 g/mol. The first-order valence-corrected chi connectivity index (χ1v) is 9.88. The molecule has 1 aliphatic rings. The Labute approximate surface area is 165 Å². The van der Waals surface area contributed by atoms with E-state index < -0.39 is 27.9 Å². The van der Waals surface area contributed by atoms with Gasteiger partial charge < -0.3 is 14.8 Å². The van der Waals surface area contributed by atoms with Crippen molar-refractivity contribution < 1.29 is 31.4 Å². The van der Waals surface area contributed by atoms with Gasteiger partial charge in [-0.2, -0.15) is 8.42 Å². The van der Waals surface area contributed by atoms with E-state index in [1.807, 2.05) is 0 Å². The molecule has 1 aromatic rings. The highest BCUT2D eigenvalue weighted by molar-refractivity contribution is 7.85. The summed E-state index contributed by atoms with van der Waals surface area (Å²) in [5, 5.41) is 6.09. The number of allylic oxidation sites excluding steroid dienone is 1. The van der Waals surface area contributed by atoms with Crippen LogP contribution in [-0.2, 0) is 23.9 Å². The zero-order valence-corrected chi connectivity index (χ0v) is 16.7. The largest absolute Gasteiger partial charge is 0.492 e. The maximum atomic E-state index is 14.7. The van der Waals surface area contributed by atoms with Crippen LogP contribution in [0.1, 0.15) is 18.0 Å². The van der Waals surface area contributed by atoms with E-state index in [1.54, 1.807) is 0 Å². The second-order valence-corrected chi connectivity index (χ2v) is 7.72. The third-order valence-corrected chi connectivity index (χ3v) is 4.57. The summed E-state index contributed by atoms with van der Waals surface area (Å²) in [5.74, 6) is -1.78. The number of esters is 1. The van der Waals surface area contributed by atoms with Crippen LogP contribution >= 0.6 is 23.2 Å². The molecule has 148 valence electrons. The smallest absolute Gasteiger partial charge is 0.355 e. The number of nitrogens with zero attached hydrogens (tertiary/aromatic N) is 1. The van der Waals surface area contributed by atoms with Gasteiger partial charge in [-0.25, -0.2) is 9.18 Å². The molecule has 2 rings (SSSR count). The predicted molar refractivity (Wildman–Crippen MR) is 96.7 cm³/mol. The first-order valence-electron chi connectivity index (χ1n) is 7.31. The predicted octanol–water partition coefficient (Wildman–Crippen LogP) is 2.48. The molecule has 12 heteroatoms. The van der Waals surface area contributed by atoms with E-state index in [1.165, 1.54) is 19.2 Å². The van der Waals surface area contributed by atoms with Gasteiger partial charge in [0.15, 0.2) is 11.6 Å². The molecule has 0 bridgehead atoms. The molecule has 1 unspecified atom stereocenters. The van der Waals surface area contributed by atoms with Crippen LogP contribution in [0.15, 0.2) is 28.0 Å². The van der Waals surface area contributed by atoms with Crippen molar-refractivity contribution in [2.45, 2.75) is 12.5 Å². The van der Waals surface area contributed by atoms with Gasteiger partial charge in [-0.3, -0.25) is 4.28 Å². The van der Waals surface area contributed by atoms with Crippen molar-refractivity contribution in [3.63, 3.8) is 0 Å². The fourth-order valence-corrected chi connectivity index (χ4v) is 3.04. The van der Waals surface area contributed by atoms with Gasteiger partial charge in [-0.1, -0.05) is 34.4 Å². The molecule has 0 radical (unpaired) electrons. The summed E-state index contributed by atoms with van der Waals surface area (Å²) in [6.07, 6.45) is 0.703. The van der Waals surface area contributed by atoms with Gasteiger partial charge in [0.25, 0.3) is 0 Å².